The maximum atomic E-state index is 12.5. The smallest absolute Gasteiger partial charge is 0.246 e. The van der Waals surface area contributed by atoms with Crippen LogP contribution in [0.25, 0.3) is 6.08 Å². The van der Waals surface area contributed by atoms with E-state index in [0.29, 0.717) is 0 Å². The zero-order valence-corrected chi connectivity index (χ0v) is 14.5. The molecule has 0 radical (unpaired) electrons. The standard InChI is InChI=1S/C19H24N4O/c1-15-6-4-5-7-18(15)22-10-11-23(16(2)13-22)19(24)9-8-17-12-20-21(3)14-17/h4-9,12,14,16H,10-11,13H2,1-3H3/b9-8+/t16-/m1/s1. The van der Waals surface area contributed by atoms with E-state index in [4.69, 9.17) is 0 Å². The van der Waals surface area contributed by atoms with Gasteiger partial charge in [-0.1, -0.05) is 18.2 Å². The number of aryl methyl sites for hydroxylation is 2. The van der Waals surface area contributed by atoms with Crippen LogP contribution in [0, 0.1) is 6.92 Å². The van der Waals surface area contributed by atoms with Gasteiger partial charge < -0.3 is 9.80 Å². The first-order valence-electron chi connectivity index (χ1n) is 8.32. The van der Waals surface area contributed by atoms with Crippen LogP contribution in [0.2, 0.25) is 0 Å². The summed E-state index contributed by atoms with van der Waals surface area (Å²) in [7, 11) is 1.87. The fourth-order valence-corrected chi connectivity index (χ4v) is 3.21. The normalized spacial score (nSPS) is 18.4. The van der Waals surface area contributed by atoms with E-state index in [0.717, 1.165) is 25.2 Å². The van der Waals surface area contributed by atoms with Gasteiger partial charge in [-0.2, -0.15) is 5.10 Å². The Hall–Kier alpha value is -2.56. The van der Waals surface area contributed by atoms with Crippen LogP contribution in [0.1, 0.15) is 18.1 Å². The highest BCUT2D eigenvalue weighted by Crippen LogP contribution is 2.23. The zero-order chi connectivity index (χ0) is 17.1. The van der Waals surface area contributed by atoms with E-state index < -0.39 is 0 Å². The summed E-state index contributed by atoms with van der Waals surface area (Å²) in [4.78, 5) is 16.8. The second-order valence-corrected chi connectivity index (χ2v) is 6.39. The second kappa shape index (κ2) is 6.91. The summed E-state index contributed by atoms with van der Waals surface area (Å²) in [5, 5.41) is 4.11. The molecule has 1 atom stereocenters. The topological polar surface area (TPSA) is 41.4 Å². The van der Waals surface area contributed by atoms with Crippen LogP contribution in [-0.4, -0.2) is 46.3 Å². The Balaban J connectivity index is 1.64. The fraction of sp³-hybridized carbons (Fsp3) is 0.368. The second-order valence-electron chi connectivity index (χ2n) is 6.39. The number of carbonyl (C=O) groups excluding carboxylic acids is 1. The lowest BCUT2D eigenvalue weighted by Gasteiger charge is -2.41. The molecule has 126 valence electrons. The Labute approximate surface area is 143 Å². The van der Waals surface area contributed by atoms with Crippen LogP contribution in [0.3, 0.4) is 0 Å². The first-order valence-corrected chi connectivity index (χ1v) is 8.32. The Morgan fingerprint density at radius 2 is 2.08 bits per heavy atom. The highest BCUT2D eigenvalue weighted by Gasteiger charge is 2.26. The van der Waals surface area contributed by atoms with E-state index in [1.54, 1.807) is 17.0 Å². The average Bonchev–Trinajstić information content (AvgIpc) is 2.98. The molecule has 1 aliphatic rings. The first kappa shape index (κ1) is 16.3. The molecule has 1 fully saturated rings. The predicted molar refractivity (Wildman–Crippen MR) is 96.8 cm³/mol. The molecule has 0 N–H and O–H groups in total. The zero-order valence-electron chi connectivity index (χ0n) is 14.5. The predicted octanol–water partition coefficient (Wildman–Crippen LogP) is 2.48. The SMILES string of the molecule is Cc1ccccc1N1CCN(C(=O)/C=C/c2cnn(C)c2)[C@H](C)C1. The van der Waals surface area contributed by atoms with Gasteiger partial charge in [0.2, 0.25) is 5.91 Å². The van der Waals surface area contributed by atoms with Crippen LogP contribution in [0.15, 0.2) is 42.7 Å². The number of anilines is 1. The quantitative estimate of drug-likeness (QED) is 0.815. The lowest BCUT2D eigenvalue weighted by molar-refractivity contribution is -0.128. The molecular formula is C19H24N4O. The minimum Gasteiger partial charge on any atom is -0.367 e. The molecule has 1 aromatic carbocycles. The molecule has 0 saturated carbocycles. The molecule has 24 heavy (non-hydrogen) atoms. The fourth-order valence-electron chi connectivity index (χ4n) is 3.21. The van der Waals surface area contributed by atoms with Crippen molar-refractivity contribution in [3.63, 3.8) is 0 Å². The average molecular weight is 324 g/mol. The molecule has 2 heterocycles. The number of benzene rings is 1. The van der Waals surface area contributed by atoms with Gasteiger partial charge in [0.1, 0.15) is 0 Å². The number of hydrogen-bond donors (Lipinski definition) is 0. The summed E-state index contributed by atoms with van der Waals surface area (Å²) in [6, 6.07) is 8.60. The monoisotopic (exact) mass is 324 g/mol. The van der Waals surface area contributed by atoms with Crippen molar-refractivity contribution in [2.45, 2.75) is 19.9 Å². The third-order valence-electron chi connectivity index (χ3n) is 4.51. The summed E-state index contributed by atoms with van der Waals surface area (Å²) < 4.78 is 1.73. The summed E-state index contributed by atoms with van der Waals surface area (Å²) in [6.07, 6.45) is 7.12. The third kappa shape index (κ3) is 3.50. The van der Waals surface area contributed by atoms with E-state index >= 15 is 0 Å². The van der Waals surface area contributed by atoms with Gasteiger partial charge in [0.25, 0.3) is 0 Å². The summed E-state index contributed by atoms with van der Waals surface area (Å²) in [5.41, 5.74) is 3.49. The van der Waals surface area contributed by atoms with Crippen LogP contribution in [0.5, 0.6) is 0 Å². The molecule has 0 bridgehead atoms. The van der Waals surface area contributed by atoms with E-state index in [2.05, 4.69) is 48.1 Å². The number of carbonyl (C=O) groups is 1. The van der Waals surface area contributed by atoms with Crippen molar-refractivity contribution in [1.82, 2.24) is 14.7 Å². The van der Waals surface area contributed by atoms with Crippen molar-refractivity contribution >= 4 is 17.7 Å². The van der Waals surface area contributed by atoms with E-state index in [-0.39, 0.29) is 11.9 Å². The lowest BCUT2D eigenvalue weighted by Crippen LogP contribution is -2.53. The minimum atomic E-state index is 0.0655. The van der Waals surface area contributed by atoms with Gasteiger partial charge >= 0.3 is 0 Å². The molecule has 1 amide bonds. The van der Waals surface area contributed by atoms with Gasteiger partial charge in [0, 0.05) is 56.2 Å². The van der Waals surface area contributed by atoms with Gasteiger partial charge in [-0.15, -0.1) is 0 Å². The number of nitrogens with zero attached hydrogens (tertiary/aromatic N) is 4. The molecule has 2 aromatic rings. The van der Waals surface area contributed by atoms with Crippen molar-refractivity contribution in [2.75, 3.05) is 24.5 Å². The van der Waals surface area contributed by atoms with Crippen molar-refractivity contribution in [2.24, 2.45) is 7.05 Å². The van der Waals surface area contributed by atoms with Gasteiger partial charge in [-0.3, -0.25) is 9.48 Å². The van der Waals surface area contributed by atoms with Crippen LogP contribution >= 0.6 is 0 Å². The number of para-hydroxylation sites is 1. The van der Waals surface area contributed by atoms with E-state index in [1.807, 2.05) is 24.2 Å². The highest BCUT2D eigenvalue weighted by atomic mass is 16.2. The summed E-state index contributed by atoms with van der Waals surface area (Å²) >= 11 is 0. The molecule has 5 heteroatoms. The summed E-state index contributed by atoms with van der Waals surface area (Å²) in [5.74, 6) is 0.0655. The third-order valence-corrected chi connectivity index (χ3v) is 4.51. The van der Waals surface area contributed by atoms with Crippen LogP contribution in [0.4, 0.5) is 5.69 Å². The molecule has 3 rings (SSSR count). The van der Waals surface area contributed by atoms with Gasteiger partial charge in [0.05, 0.1) is 6.20 Å². The van der Waals surface area contributed by atoms with E-state index in [1.165, 1.54) is 11.3 Å². The molecular weight excluding hydrogens is 300 g/mol. The molecule has 1 aromatic heterocycles. The lowest BCUT2D eigenvalue weighted by atomic mass is 10.1. The Morgan fingerprint density at radius 1 is 1.29 bits per heavy atom. The number of amides is 1. The van der Waals surface area contributed by atoms with Crippen molar-refractivity contribution in [3.8, 4) is 0 Å². The van der Waals surface area contributed by atoms with Crippen molar-refractivity contribution in [1.29, 1.82) is 0 Å². The highest BCUT2D eigenvalue weighted by molar-refractivity contribution is 5.92. The summed E-state index contributed by atoms with van der Waals surface area (Å²) in [6.45, 7) is 6.71. The maximum absolute atomic E-state index is 12.5. The Kier molecular flexibility index (Phi) is 4.69. The molecule has 0 aliphatic carbocycles. The van der Waals surface area contributed by atoms with Gasteiger partial charge in [0.15, 0.2) is 0 Å². The van der Waals surface area contributed by atoms with Crippen LogP contribution < -0.4 is 4.90 Å². The van der Waals surface area contributed by atoms with Gasteiger partial charge in [-0.05, 0) is 31.6 Å². The maximum Gasteiger partial charge on any atom is 0.246 e. The Bertz CT molecular complexity index is 749. The number of piperazine rings is 1. The molecule has 1 aliphatic heterocycles. The number of rotatable bonds is 3. The van der Waals surface area contributed by atoms with Crippen molar-refractivity contribution < 1.29 is 4.79 Å². The first-order chi connectivity index (χ1) is 11.5. The Morgan fingerprint density at radius 3 is 2.75 bits per heavy atom. The molecule has 5 nitrogen and oxygen atoms in total. The van der Waals surface area contributed by atoms with Gasteiger partial charge in [-0.25, -0.2) is 0 Å². The van der Waals surface area contributed by atoms with Crippen molar-refractivity contribution in [3.05, 3.63) is 53.9 Å². The molecule has 0 unspecified atom stereocenters. The molecule has 0 spiro atoms. The van der Waals surface area contributed by atoms with Crippen LogP contribution in [-0.2, 0) is 11.8 Å². The largest absolute Gasteiger partial charge is 0.367 e. The number of aromatic nitrogens is 2. The number of hydrogen-bond acceptors (Lipinski definition) is 3. The minimum absolute atomic E-state index is 0.0655. The van der Waals surface area contributed by atoms with E-state index in [9.17, 15) is 4.79 Å². The molecule has 1 saturated heterocycles.